The first kappa shape index (κ1) is 14.3. The Balaban J connectivity index is 2.37. The van der Waals surface area contributed by atoms with Crippen LogP contribution >= 0.6 is 0 Å². The monoisotopic (exact) mass is 275 g/mol. The minimum Gasteiger partial charge on any atom is -0.389 e. The summed E-state index contributed by atoms with van der Waals surface area (Å²) in [6.45, 7) is 2.07. The summed E-state index contributed by atoms with van der Waals surface area (Å²) < 4.78 is 0. The molecule has 1 aliphatic rings. The van der Waals surface area contributed by atoms with E-state index >= 15 is 0 Å². The molecule has 6 heteroatoms. The van der Waals surface area contributed by atoms with Gasteiger partial charge in [0.15, 0.2) is 0 Å². The molecule has 0 saturated heterocycles. The van der Waals surface area contributed by atoms with Gasteiger partial charge in [0.2, 0.25) is 0 Å². The average molecular weight is 275 g/mol. The molecule has 6 nitrogen and oxygen atoms in total. The van der Waals surface area contributed by atoms with E-state index < -0.39 is 11.0 Å². The third kappa shape index (κ3) is 3.06. The van der Waals surface area contributed by atoms with Gasteiger partial charge in [-0.25, -0.2) is 0 Å². The van der Waals surface area contributed by atoms with E-state index in [-0.39, 0.29) is 5.69 Å². The molecule has 20 heavy (non-hydrogen) atoms. The first-order valence-electron chi connectivity index (χ1n) is 6.64. The van der Waals surface area contributed by atoms with Gasteiger partial charge in [-0.2, -0.15) is 5.26 Å². The molecular weight excluding hydrogens is 258 g/mol. The maximum absolute atomic E-state index is 11.3. The molecule has 0 heterocycles. The number of hydrogen-bond donors (Lipinski definition) is 1. The van der Waals surface area contributed by atoms with Crippen LogP contribution in [-0.4, -0.2) is 22.6 Å². The van der Waals surface area contributed by atoms with Crippen molar-refractivity contribution in [2.24, 2.45) is 0 Å². The van der Waals surface area contributed by atoms with Crippen molar-refractivity contribution in [1.82, 2.24) is 0 Å². The van der Waals surface area contributed by atoms with Crippen LogP contribution in [0.25, 0.3) is 0 Å². The third-order valence-electron chi connectivity index (χ3n) is 3.44. The van der Waals surface area contributed by atoms with E-state index in [1.165, 1.54) is 6.07 Å². The minimum absolute atomic E-state index is 0.00626. The van der Waals surface area contributed by atoms with Gasteiger partial charge in [0.1, 0.15) is 5.69 Å². The first-order chi connectivity index (χ1) is 9.54. The van der Waals surface area contributed by atoms with Gasteiger partial charge >= 0.3 is 0 Å². The minimum atomic E-state index is -0.740. The molecule has 2 rings (SSSR count). The molecule has 1 fully saturated rings. The molecule has 1 aromatic rings. The third-order valence-corrected chi connectivity index (χ3v) is 3.44. The van der Waals surface area contributed by atoms with E-state index in [4.69, 9.17) is 5.26 Å². The van der Waals surface area contributed by atoms with Gasteiger partial charge < -0.3 is 10.0 Å². The van der Waals surface area contributed by atoms with Gasteiger partial charge in [0, 0.05) is 18.7 Å². The summed E-state index contributed by atoms with van der Waals surface area (Å²) in [4.78, 5) is 12.8. The van der Waals surface area contributed by atoms with Gasteiger partial charge in [-0.05, 0) is 31.4 Å². The Hall–Kier alpha value is -2.13. The van der Waals surface area contributed by atoms with Crippen molar-refractivity contribution in [3.05, 3.63) is 33.9 Å². The quantitative estimate of drug-likeness (QED) is 0.636. The summed E-state index contributed by atoms with van der Waals surface area (Å²) in [5.41, 5.74) is 1.06. The summed E-state index contributed by atoms with van der Waals surface area (Å²) >= 11 is 0. The smallest absolute Gasteiger partial charge is 0.292 e. The Kier molecular flexibility index (Phi) is 4.20. The van der Waals surface area contributed by atoms with Crippen molar-refractivity contribution in [2.45, 2.75) is 38.3 Å². The van der Waals surface area contributed by atoms with Crippen molar-refractivity contribution < 1.29 is 10.0 Å². The molecule has 0 bridgehead atoms. The summed E-state index contributed by atoms with van der Waals surface area (Å²) in [6.07, 6.45) is 1.60. The van der Waals surface area contributed by atoms with Gasteiger partial charge in [-0.3, -0.25) is 10.1 Å². The van der Waals surface area contributed by atoms with Crippen LogP contribution in [0.4, 0.5) is 11.4 Å². The molecule has 0 spiro atoms. The van der Waals surface area contributed by atoms with Gasteiger partial charge in [-0.15, -0.1) is 0 Å². The second-order valence-electron chi connectivity index (χ2n) is 5.01. The Morgan fingerprint density at radius 2 is 2.30 bits per heavy atom. The van der Waals surface area contributed by atoms with Crippen molar-refractivity contribution in [1.29, 1.82) is 5.26 Å². The number of benzene rings is 1. The van der Waals surface area contributed by atoms with Crippen molar-refractivity contribution >= 4 is 11.4 Å². The summed E-state index contributed by atoms with van der Waals surface area (Å²) in [6, 6.07) is 7.17. The molecule has 1 saturated carbocycles. The van der Waals surface area contributed by atoms with Crippen molar-refractivity contribution in [3.63, 3.8) is 0 Å². The molecule has 1 N–H and O–H groups in total. The fraction of sp³-hybridized carbons (Fsp3) is 0.500. The first-order valence-corrected chi connectivity index (χ1v) is 6.64. The van der Waals surface area contributed by atoms with Crippen LogP contribution in [0.15, 0.2) is 18.2 Å². The highest BCUT2D eigenvalue weighted by atomic mass is 16.6. The molecule has 0 aliphatic heterocycles. The zero-order valence-corrected chi connectivity index (χ0v) is 11.3. The summed E-state index contributed by atoms with van der Waals surface area (Å²) in [7, 11) is 0. The van der Waals surface area contributed by atoms with Gasteiger partial charge in [0.25, 0.3) is 5.69 Å². The Labute approximate surface area is 117 Å². The lowest BCUT2D eigenvalue weighted by molar-refractivity contribution is -0.384. The maximum Gasteiger partial charge on any atom is 0.292 e. The second-order valence-corrected chi connectivity index (χ2v) is 5.01. The number of aliphatic hydroxyl groups excluding tert-OH is 1. The van der Waals surface area contributed by atoms with Crippen LogP contribution in [0, 0.1) is 21.4 Å². The van der Waals surface area contributed by atoms with Crippen LogP contribution < -0.4 is 4.90 Å². The second kappa shape index (κ2) is 5.88. The molecule has 0 radical (unpaired) electrons. The van der Waals surface area contributed by atoms with E-state index in [0.717, 1.165) is 12.8 Å². The number of aliphatic hydroxyl groups is 1. The Morgan fingerprint density at radius 1 is 1.60 bits per heavy atom. The highest BCUT2D eigenvalue weighted by Gasteiger charge is 2.32. The largest absolute Gasteiger partial charge is 0.389 e. The number of nitriles is 1. The molecule has 1 atom stereocenters. The zero-order chi connectivity index (χ0) is 14.7. The zero-order valence-electron chi connectivity index (χ0n) is 11.3. The average Bonchev–Trinajstić information content (AvgIpc) is 3.23. The standard InChI is InChI=1S/C14H17N3O3/c1-10(18)11-3-6-13(14(9-11)17(19)20)16(8-2-7-15)12-4-5-12/h3,6,9-10,12,18H,2,4-5,8H2,1H3/t10-/m0/s1. The lowest BCUT2D eigenvalue weighted by atomic mass is 10.1. The van der Waals surface area contributed by atoms with Crippen LogP contribution in [0.2, 0.25) is 0 Å². The molecule has 106 valence electrons. The Morgan fingerprint density at radius 3 is 2.80 bits per heavy atom. The number of nitrogens with zero attached hydrogens (tertiary/aromatic N) is 3. The predicted molar refractivity (Wildman–Crippen MR) is 74.3 cm³/mol. The summed E-state index contributed by atoms with van der Waals surface area (Å²) in [5.74, 6) is 0. The molecule has 1 aliphatic carbocycles. The van der Waals surface area contributed by atoms with E-state index in [9.17, 15) is 15.2 Å². The molecule has 1 aromatic carbocycles. The van der Waals surface area contributed by atoms with E-state index in [2.05, 4.69) is 6.07 Å². The lowest BCUT2D eigenvalue weighted by Crippen LogP contribution is -2.27. The predicted octanol–water partition coefficient (Wildman–Crippen LogP) is 2.53. The number of hydrogen-bond acceptors (Lipinski definition) is 5. The van der Waals surface area contributed by atoms with Gasteiger partial charge in [0.05, 0.1) is 23.5 Å². The number of nitro groups is 1. The molecule has 0 amide bonds. The molecule has 0 aromatic heterocycles. The van der Waals surface area contributed by atoms with Crippen LogP contribution in [0.3, 0.4) is 0 Å². The maximum atomic E-state index is 11.3. The summed E-state index contributed by atoms with van der Waals surface area (Å²) in [5, 5.41) is 29.5. The van der Waals surface area contributed by atoms with E-state index in [1.807, 2.05) is 4.90 Å². The van der Waals surface area contributed by atoms with Crippen LogP contribution in [-0.2, 0) is 0 Å². The van der Waals surface area contributed by atoms with Crippen LogP contribution in [0.1, 0.15) is 37.9 Å². The van der Waals surface area contributed by atoms with Crippen molar-refractivity contribution in [2.75, 3.05) is 11.4 Å². The lowest BCUT2D eigenvalue weighted by Gasteiger charge is -2.23. The fourth-order valence-corrected chi connectivity index (χ4v) is 2.25. The fourth-order valence-electron chi connectivity index (χ4n) is 2.25. The van der Waals surface area contributed by atoms with Crippen molar-refractivity contribution in [3.8, 4) is 6.07 Å². The Bertz CT molecular complexity index is 547. The number of rotatable bonds is 6. The van der Waals surface area contributed by atoms with Crippen LogP contribution in [0.5, 0.6) is 0 Å². The number of anilines is 1. The molecule has 0 unspecified atom stereocenters. The number of nitro benzene ring substituents is 1. The van der Waals surface area contributed by atoms with Gasteiger partial charge in [-0.1, -0.05) is 6.07 Å². The highest BCUT2D eigenvalue weighted by molar-refractivity contribution is 5.65. The highest BCUT2D eigenvalue weighted by Crippen LogP contribution is 2.38. The van der Waals surface area contributed by atoms with E-state index in [0.29, 0.717) is 30.3 Å². The topological polar surface area (TPSA) is 90.4 Å². The van der Waals surface area contributed by atoms with E-state index in [1.54, 1.807) is 19.1 Å². The normalized spacial score (nSPS) is 15.4. The molecular formula is C14H17N3O3. The SMILES string of the molecule is C[C@H](O)c1ccc(N(CCC#N)C2CC2)c([N+](=O)[O-])c1.